The second-order valence-electron chi connectivity index (χ2n) is 8.78. The molecule has 0 spiro atoms. The van der Waals surface area contributed by atoms with Crippen LogP contribution in [0.2, 0.25) is 0 Å². The van der Waals surface area contributed by atoms with E-state index in [1.807, 2.05) is 69.0 Å². The van der Waals surface area contributed by atoms with Crippen molar-refractivity contribution < 1.29 is 8.42 Å². The van der Waals surface area contributed by atoms with Crippen molar-refractivity contribution in [2.45, 2.75) is 39.5 Å². The molecule has 1 fully saturated rings. The Morgan fingerprint density at radius 2 is 1.42 bits per heavy atom. The normalized spacial score (nSPS) is 15.0. The Morgan fingerprint density at radius 3 is 2.09 bits per heavy atom. The van der Waals surface area contributed by atoms with Crippen LogP contribution in [0, 0.1) is 34.6 Å². The van der Waals surface area contributed by atoms with Crippen LogP contribution in [0.5, 0.6) is 0 Å². The fraction of sp³-hybridized carbons (Fsp3) is 0.360. The predicted octanol–water partition coefficient (Wildman–Crippen LogP) is 4.27. The summed E-state index contributed by atoms with van der Waals surface area (Å²) in [5.74, 6) is 1.34. The Morgan fingerprint density at radius 1 is 0.788 bits per heavy atom. The molecule has 0 unspecified atom stereocenters. The lowest BCUT2D eigenvalue weighted by Crippen LogP contribution is -2.49. The molecule has 1 N–H and O–H groups in total. The third-order valence-corrected chi connectivity index (χ3v) is 8.14. The van der Waals surface area contributed by atoms with Gasteiger partial charge >= 0.3 is 0 Å². The zero-order valence-electron chi connectivity index (χ0n) is 19.9. The van der Waals surface area contributed by atoms with Crippen molar-refractivity contribution in [2.24, 2.45) is 0 Å². The van der Waals surface area contributed by atoms with Gasteiger partial charge in [-0.25, -0.2) is 13.4 Å². The number of nitrogens with zero attached hydrogens (tertiary/aromatic N) is 4. The van der Waals surface area contributed by atoms with Crippen LogP contribution in [-0.4, -0.2) is 48.9 Å². The van der Waals surface area contributed by atoms with Crippen molar-refractivity contribution in [1.82, 2.24) is 14.3 Å². The number of sulfonamides is 1. The topological polar surface area (TPSA) is 78.4 Å². The van der Waals surface area contributed by atoms with Gasteiger partial charge in [-0.15, -0.1) is 0 Å². The molecule has 3 aromatic rings. The van der Waals surface area contributed by atoms with E-state index >= 15 is 0 Å². The van der Waals surface area contributed by atoms with E-state index in [-0.39, 0.29) is 0 Å². The van der Waals surface area contributed by atoms with E-state index < -0.39 is 10.0 Å². The molecule has 33 heavy (non-hydrogen) atoms. The molecule has 2 heterocycles. The summed E-state index contributed by atoms with van der Waals surface area (Å²) in [6.07, 6.45) is 0. The number of aromatic nitrogens is 2. The van der Waals surface area contributed by atoms with Gasteiger partial charge in [0.25, 0.3) is 0 Å². The van der Waals surface area contributed by atoms with E-state index in [9.17, 15) is 8.42 Å². The number of rotatable bonds is 5. The Labute approximate surface area is 196 Å². The number of benzene rings is 2. The predicted molar refractivity (Wildman–Crippen MR) is 133 cm³/mol. The van der Waals surface area contributed by atoms with E-state index in [0.29, 0.717) is 37.0 Å². The number of anilines is 3. The second kappa shape index (κ2) is 9.11. The maximum atomic E-state index is 13.3. The molecule has 174 valence electrons. The van der Waals surface area contributed by atoms with Gasteiger partial charge < -0.3 is 10.2 Å². The van der Waals surface area contributed by atoms with E-state index in [2.05, 4.69) is 17.2 Å². The van der Waals surface area contributed by atoms with Gasteiger partial charge in [-0.3, -0.25) is 0 Å². The summed E-state index contributed by atoms with van der Waals surface area (Å²) >= 11 is 0. The van der Waals surface area contributed by atoms with Gasteiger partial charge in [0.1, 0.15) is 5.82 Å². The minimum absolute atomic E-state index is 0.396. The zero-order chi connectivity index (χ0) is 23.8. The summed E-state index contributed by atoms with van der Waals surface area (Å²) in [5.41, 5.74) is 5.89. The van der Waals surface area contributed by atoms with Crippen LogP contribution in [0.3, 0.4) is 0 Å². The molecule has 8 heteroatoms. The fourth-order valence-corrected chi connectivity index (χ4v) is 5.74. The van der Waals surface area contributed by atoms with E-state index in [1.54, 1.807) is 10.4 Å². The molecule has 1 aromatic heterocycles. The highest BCUT2D eigenvalue weighted by atomic mass is 32.2. The Kier molecular flexibility index (Phi) is 6.41. The first kappa shape index (κ1) is 23.2. The lowest BCUT2D eigenvalue weighted by atomic mass is 10.1. The summed E-state index contributed by atoms with van der Waals surface area (Å²) < 4.78 is 28.2. The molecular formula is C25H31N5O2S. The monoisotopic (exact) mass is 465 g/mol. The first-order valence-electron chi connectivity index (χ1n) is 11.2. The van der Waals surface area contributed by atoms with Gasteiger partial charge in [-0.2, -0.15) is 9.29 Å². The van der Waals surface area contributed by atoms with Gasteiger partial charge in [0.05, 0.1) is 4.90 Å². The average molecular weight is 466 g/mol. The van der Waals surface area contributed by atoms with Crippen molar-refractivity contribution in [3.63, 3.8) is 0 Å². The SMILES string of the molecule is Cc1ccc(Nc2cc(C)nc(N3CCN(S(=O)(=O)c4cc(C)c(C)cc4C)CC3)n2)cc1. The van der Waals surface area contributed by atoms with Crippen LogP contribution in [-0.2, 0) is 10.0 Å². The first-order valence-corrected chi connectivity index (χ1v) is 12.6. The highest BCUT2D eigenvalue weighted by Crippen LogP contribution is 2.26. The van der Waals surface area contributed by atoms with Crippen LogP contribution in [0.15, 0.2) is 47.4 Å². The molecule has 0 amide bonds. The number of hydrogen-bond donors (Lipinski definition) is 1. The number of nitrogens with one attached hydrogen (secondary N) is 1. The summed E-state index contributed by atoms with van der Waals surface area (Å²) in [6, 6.07) is 13.8. The molecule has 0 radical (unpaired) electrons. The second-order valence-corrected chi connectivity index (χ2v) is 10.7. The third kappa shape index (κ3) is 5.02. The van der Waals surface area contributed by atoms with Crippen molar-refractivity contribution in [1.29, 1.82) is 0 Å². The molecular weight excluding hydrogens is 434 g/mol. The summed E-state index contributed by atoms with van der Waals surface area (Å²) in [4.78, 5) is 11.7. The molecule has 0 aliphatic carbocycles. The van der Waals surface area contributed by atoms with Gasteiger partial charge in [0.15, 0.2) is 0 Å². The number of piperazine rings is 1. The summed E-state index contributed by atoms with van der Waals surface area (Å²) in [7, 11) is -3.54. The fourth-order valence-electron chi connectivity index (χ4n) is 4.02. The van der Waals surface area contributed by atoms with Gasteiger partial charge in [-0.05, 0) is 69.5 Å². The highest BCUT2D eigenvalue weighted by Gasteiger charge is 2.30. The minimum Gasteiger partial charge on any atom is -0.340 e. The van der Waals surface area contributed by atoms with Crippen molar-refractivity contribution in [3.05, 3.63) is 70.4 Å². The molecule has 0 bridgehead atoms. The first-order chi connectivity index (χ1) is 15.6. The van der Waals surface area contributed by atoms with E-state index in [1.165, 1.54) is 5.56 Å². The number of hydrogen-bond acceptors (Lipinski definition) is 6. The highest BCUT2D eigenvalue weighted by molar-refractivity contribution is 7.89. The Balaban J connectivity index is 1.49. The molecule has 0 atom stereocenters. The quantitative estimate of drug-likeness (QED) is 0.606. The third-order valence-electron chi connectivity index (χ3n) is 6.10. The van der Waals surface area contributed by atoms with Gasteiger partial charge in [-0.1, -0.05) is 23.8 Å². The van der Waals surface area contributed by atoms with Crippen molar-refractivity contribution >= 4 is 27.5 Å². The summed E-state index contributed by atoms with van der Waals surface area (Å²) in [6.45, 7) is 11.7. The van der Waals surface area contributed by atoms with Crippen LogP contribution >= 0.6 is 0 Å². The Hall–Kier alpha value is -2.97. The van der Waals surface area contributed by atoms with Gasteiger partial charge in [0, 0.05) is 43.6 Å². The van der Waals surface area contributed by atoms with Crippen LogP contribution in [0.25, 0.3) is 0 Å². The van der Waals surface area contributed by atoms with Crippen LogP contribution in [0.4, 0.5) is 17.5 Å². The van der Waals surface area contributed by atoms with E-state index in [4.69, 9.17) is 4.98 Å². The lowest BCUT2D eigenvalue weighted by molar-refractivity contribution is 0.382. The van der Waals surface area contributed by atoms with Crippen molar-refractivity contribution in [3.8, 4) is 0 Å². The van der Waals surface area contributed by atoms with Crippen LogP contribution < -0.4 is 10.2 Å². The van der Waals surface area contributed by atoms with Crippen molar-refractivity contribution in [2.75, 3.05) is 36.4 Å². The average Bonchev–Trinajstić information content (AvgIpc) is 2.77. The minimum atomic E-state index is -3.54. The molecule has 1 aliphatic rings. The molecule has 2 aromatic carbocycles. The Bertz CT molecular complexity index is 1260. The molecule has 1 saturated heterocycles. The van der Waals surface area contributed by atoms with E-state index in [0.717, 1.165) is 33.9 Å². The zero-order valence-corrected chi connectivity index (χ0v) is 20.7. The summed E-state index contributed by atoms with van der Waals surface area (Å²) in [5, 5.41) is 3.34. The molecule has 0 saturated carbocycles. The largest absolute Gasteiger partial charge is 0.340 e. The smallest absolute Gasteiger partial charge is 0.243 e. The lowest BCUT2D eigenvalue weighted by Gasteiger charge is -2.34. The molecule has 7 nitrogen and oxygen atoms in total. The molecule has 1 aliphatic heterocycles. The van der Waals surface area contributed by atoms with Crippen LogP contribution in [0.1, 0.15) is 27.9 Å². The standard InChI is InChI=1S/C25H31N5O2S/c1-17-6-8-22(9-7-17)27-24-16-21(5)26-25(28-24)29-10-12-30(13-11-29)33(31,32)23-15-19(3)18(2)14-20(23)4/h6-9,14-16H,10-13H2,1-5H3,(H,26,27,28). The maximum absolute atomic E-state index is 13.3. The number of aryl methyl sites for hydroxylation is 5. The van der Waals surface area contributed by atoms with Gasteiger partial charge in [0.2, 0.25) is 16.0 Å². The molecule has 4 rings (SSSR count). The maximum Gasteiger partial charge on any atom is 0.243 e.